The fraction of sp³-hybridized carbons (Fsp3) is 0.667. The lowest BCUT2D eigenvalue weighted by Crippen LogP contribution is -3.00. The van der Waals surface area contributed by atoms with E-state index in [1.807, 2.05) is 0 Å². The summed E-state index contributed by atoms with van der Waals surface area (Å²) in [6.45, 7) is 8.06. The second kappa shape index (κ2) is 16.7. The van der Waals surface area contributed by atoms with Gasteiger partial charge in [-0.05, 0) is 31.6 Å². The van der Waals surface area contributed by atoms with Crippen LogP contribution in [0.4, 0.5) is 0 Å². The second-order valence-electron chi connectivity index (χ2n) is 7.64. The lowest BCUT2D eigenvalue weighted by atomic mass is 10.1. The van der Waals surface area contributed by atoms with Crippen molar-refractivity contribution in [3.63, 3.8) is 0 Å². The molecule has 0 aromatic heterocycles. The maximum Gasteiger partial charge on any atom is 0.200 e. The van der Waals surface area contributed by atoms with Gasteiger partial charge in [0.2, 0.25) is 4.05 Å². The molecule has 0 amide bonds. The molecule has 0 bridgehead atoms. The third-order valence-electron chi connectivity index (χ3n) is 5.37. The maximum absolute atomic E-state index is 5.94. The zero-order valence-electron chi connectivity index (χ0n) is 17.4. The molecule has 1 unspecified atom stereocenters. The van der Waals surface area contributed by atoms with Crippen LogP contribution in [0.1, 0.15) is 83.6 Å². The standard InChI is InChI=1S/C24H39IN.ClH/c1-4-7-9-11-16-20-26(24(25)6-3,21-17-12-10-8-5-2)22-23-18-14-13-15-19-23;/h3,13-15,18-19,24H,4-5,7-12,16-17,20-22H2,1-2H3;1H/q+1;/p-1. The molecule has 0 aliphatic carbocycles. The highest BCUT2D eigenvalue weighted by atomic mass is 127. The highest BCUT2D eigenvalue weighted by molar-refractivity contribution is 14.1. The van der Waals surface area contributed by atoms with Crippen molar-refractivity contribution in [2.75, 3.05) is 13.1 Å². The van der Waals surface area contributed by atoms with E-state index in [1.54, 1.807) is 0 Å². The number of nitrogens with zero attached hydrogens (tertiary/aromatic N) is 1. The van der Waals surface area contributed by atoms with E-state index in [0.29, 0.717) is 0 Å². The first-order valence-electron chi connectivity index (χ1n) is 10.7. The Balaban J connectivity index is 0.00000676. The SMILES string of the molecule is C#CC(I)[N+](CCCCCCC)(CCCCCCC)Cc1ccccc1.[Cl-]. The molecule has 1 rings (SSSR count). The molecule has 0 N–H and O–H groups in total. The van der Waals surface area contributed by atoms with Crippen LogP contribution < -0.4 is 12.4 Å². The van der Waals surface area contributed by atoms with Crippen molar-refractivity contribution < 1.29 is 16.9 Å². The Labute approximate surface area is 188 Å². The van der Waals surface area contributed by atoms with Crippen molar-refractivity contribution in [3.05, 3.63) is 35.9 Å². The molecule has 0 fully saturated rings. The highest BCUT2D eigenvalue weighted by Crippen LogP contribution is 2.27. The molecule has 1 atom stereocenters. The van der Waals surface area contributed by atoms with E-state index in [1.165, 1.54) is 82.9 Å². The molecule has 1 aromatic carbocycles. The summed E-state index contributed by atoms with van der Waals surface area (Å²) in [6.07, 6.45) is 19.3. The molecule has 0 aliphatic heterocycles. The van der Waals surface area contributed by atoms with E-state index in [9.17, 15) is 0 Å². The molecule has 1 nitrogen and oxygen atoms in total. The Kier molecular flexibility index (Phi) is 16.5. The van der Waals surface area contributed by atoms with Crippen LogP contribution in [0.15, 0.2) is 30.3 Å². The molecule has 1 aromatic rings. The average molecular weight is 504 g/mol. The number of hydrogen-bond acceptors (Lipinski definition) is 0. The summed E-state index contributed by atoms with van der Waals surface area (Å²) >= 11 is 2.52. The molecule has 0 heterocycles. The van der Waals surface area contributed by atoms with Gasteiger partial charge in [-0.2, -0.15) is 0 Å². The van der Waals surface area contributed by atoms with Crippen LogP contribution in [0.25, 0.3) is 0 Å². The maximum atomic E-state index is 5.94. The molecule has 27 heavy (non-hydrogen) atoms. The van der Waals surface area contributed by atoms with E-state index in [4.69, 9.17) is 6.42 Å². The van der Waals surface area contributed by atoms with E-state index < -0.39 is 0 Å². The zero-order chi connectivity index (χ0) is 19.1. The molecule has 0 aliphatic rings. The van der Waals surface area contributed by atoms with E-state index >= 15 is 0 Å². The van der Waals surface area contributed by atoms with Gasteiger partial charge >= 0.3 is 0 Å². The van der Waals surface area contributed by atoms with Crippen molar-refractivity contribution in [2.24, 2.45) is 0 Å². The van der Waals surface area contributed by atoms with Gasteiger partial charge in [0.25, 0.3) is 0 Å². The molecule has 0 radical (unpaired) electrons. The van der Waals surface area contributed by atoms with Gasteiger partial charge in [-0.1, -0.05) is 82.7 Å². The Morgan fingerprint density at radius 3 is 1.78 bits per heavy atom. The number of terminal acetylenes is 1. The van der Waals surface area contributed by atoms with Crippen molar-refractivity contribution in [2.45, 2.75) is 88.6 Å². The van der Waals surface area contributed by atoms with Crippen molar-refractivity contribution >= 4 is 22.6 Å². The predicted molar refractivity (Wildman–Crippen MR) is 124 cm³/mol. The lowest BCUT2D eigenvalue weighted by Gasteiger charge is -2.41. The monoisotopic (exact) mass is 503 g/mol. The van der Waals surface area contributed by atoms with Gasteiger partial charge in [0.15, 0.2) is 0 Å². The first-order chi connectivity index (χ1) is 12.7. The summed E-state index contributed by atoms with van der Waals surface area (Å²) in [7, 11) is 0. The van der Waals surface area contributed by atoms with Crippen LogP contribution in [-0.2, 0) is 6.54 Å². The van der Waals surface area contributed by atoms with E-state index in [2.05, 4.69) is 72.7 Å². The number of quaternary nitrogens is 1. The Bertz CT molecular complexity index is 483. The molecule has 0 saturated heterocycles. The van der Waals surface area contributed by atoms with E-state index in [-0.39, 0.29) is 16.5 Å². The smallest absolute Gasteiger partial charge is 0.200 e. The quantitative estimate of drug-likeness (QED) is 0.0834. The highest BCUT2D eigenvalue weighted by Gasteiger charge is 2.33. The number of alkyl halides is 1. The summed E-state index contributed by atoms with van der Waals surface area (Å²) in [6, 6.07) is 11.0. The van der Waals surface area contributed by atoms with Crippen molar-refractivity contribution in [1.82, 2.24) is 0 Å². The van der Waals surface area contributed by atoms with Crippen LogP contribution in [-0.4, -0.2) is 21.6 Å². The van der Waals surface area contributed by atoms with Gasteiger partial charge in [0.05, 0.1) is 13.1 Å². The van der Waals surface area contributed by atoms with Gasteiger partial charge in [0, 0.05) is 28.2 Å². The first-order valence-corrected chi connectivity index (χ1v) is 11.9. The van der Waals surface area contributed by atoms with Crippen LogP contribution in [0.2, 0.25) is 0 Å². The Morgan fingerprint density at radius 2 is 1.33 bits per heavy atom. The summed E-state index contributed by atoms with van der Waals surface area (Å²) in [5, 5.41) is 0. The number of benzene rings is 1. The molecular formula is C24H39ClIN. The minimum Gasteiger partial charge on any atom is -1.00 e. The summed E-state index contributed by atoms with van der Waals surface area (Å²) in [5.74, 6) is 3.09. The fourth-order valence-corrected chi connectivity index (χ4v) is 4.50. The second-order valence-corrected chi connectivity index (χ2v) is 8.82. The van der Waals surface area contributed by atoms with Crippen LogP contribution >= 0.6 is 22.6 Å². The summed E-state index contributed by atoms with van der Waals surface area (Å²) in [5.41, 5.74) is 1.42. The minimum atomic E-state index is 0. The van der Waals surface area contributed by atoms with Gasteiger partial charge in [-0.15, -0.1) is 6.42 Å². The Hall–Kier alpha value is -0.240. The van der Waals surface area contributed by atoms with Crippen LogP contribution in [0.5, 0.6) is 0 Å². The number of unbranched alkanes of at least 4 members (excludes halogenated alkanes) is 8. The topological polar surface area (TPSA) is 0 Å². The van der Waals surface area contributed by atoms with Crippen molar-refractivity contribution in [3.8, 4) is 12.3 Å². The van der Waals surface area contributed by atoms with Crippen LogP contribution in [0.3, 0.4) is 0 Å². The lowest BCUT2D eigenvalue weighted by molar-refractivity contribution is -0.940. The third kappa shape index (κ3) is 10.8. The minimum absolute atomic E-state index is 0. The van der Waals surface area contributed by atoms with Gasteiger partial charge < -0.3 is 12.4 Å². The van der Waals surface area contributed by atoms with Crippen molar-refractivity contribution in [1.29, 1.82) is 0 Å². The molecule has 3 heteroatoms. The summed E-state index contributed by atoms with van der Waals surface area (Å²) < 4.78 is 1.31. The molecule has 0 spiro atoms. The normalized spacial score (nSPS) is 12.2. The average Bonchev–Trinajstić information content (AvgIpc) is 2.67. The fourth-order valence-electron chi connectivity index (χ4n) is 3.74. The number of hydrogen-bond donors (Lipinski definition) is 0. The van der Waals surface area contributed by atoms with Gasteiger partial charge in [0.1, 0.15) is 6.54 Å². The molecular weight excluding hydrogens is 465 g/mol. The molecule has 154 valence electrons. The summed E-state index contributed by atoms with van der Waals surface area (Å²) in [4.78, 5) is 0. The largest absolute Gasteiger partial charge is 1.00 e. The zero-order valence-corrected chi connectivity index (χ0v) is 20.4. The van der Waals surface area contributed by atoms with Crippen LogP contribution in [0, 0.1) is 12.3 Å². The third-order valence-corrected chi connectivity index (χ3v) is 6.91. The number of halogens is 2. The Morgan fingerprint density at radius 1 is 0.852 bits per heavy atom. The molecule has 0 saturated carbocycles. The first kappa shape index (κ1) is 26.8. The van der Waals surface area contributed by atoms with Gasteiger partial charge in [-0.3, -0.25) is 4.48 Å². The van der Waals surface area contributed by atoms with E-state index in [0.717, 1.165) is 11.0 Å². The predicted octanol–water partition coefficient (Wildman–Crippen LogP) is 4.34. The number of rotatable bonds is 15. The van der Waals surface area contributed by atoms with Gasteiger partial charge in [-0.25, -0.2) is 0 Å².